The van der Waals surface area contributed by atoms with E-state index in [4.69, 9.17) is 4.74 Å². The smallest absolute Gasteiger partial charge is 0.270 e. The zero-order chi connectivity index (χ0) is 27.5. The molecule has 0 bridgehead atoms. The molecule has 8 nitrogen and oxygen atoms in total. The maximum Gasteiger partial charge on any atom is 0.270 e. The molecule has 1 saturated heterocycles. The van der Waals surface area contributed by atoms with Gasteiger partial charge in [0.05, 0.1) is 30.6 Å². The summed E-state index contributed by atoms with van der Waals surface area (Å²) in [5.41, 5.74) is 7.81. The van der Waals surface area contributed by atoms with Crippen LogP contribution in [0.25, 0.3) is 27.9 Å². The molecule has 1 aromatic heterocycles. The first-order valence-electron chi connectivity index (χ1n) is 13.7. The maximum atomic E-state index is 11.3. The van der Waals surface area contributed by atoms with E-state index in [0.717, 1.165) is 60.4 Å². The molecule has 3 aromatic carbocycles. The van der Waals surface area contributed by atoms with Gasteiger partial charge in [0.15, 0.2) is 0 Å². The third-order valence-electron chi connectivity index (χ3n) is 7.62. The molecule has 1 aliphatic carbocycles. The quantitative estimate of drug-likeness (QED) is 0.152. The summed E-state index contributed by atoms with van der Waals surface area (Å²) in [6.07, 6.45) is 7.41. The summed E-state index contributed by atoms with van der Waals surface area (Å²) in [6.45, 7) is 6.03. The second-order valence-electron chi connectivity index (χ2n) is 10.0. The molecule has 0 unspecified atom stereocenters. The maximum absolute atomic E-state index is 11.3. The van der Waals surface area contributed by atoms with E-state index in [-0.39, 0.29) is 10.6 Å². The summed E-state index contributed by atoms with van der Waals surface area (Å²) in [4.78, 5) is 13.2. The number of morpholine rings is 1. The van der Waals surface area contributed by atoms with Crippen molar-refractivity contribution in [3.63, 3.8) is 0 Å². The fraction of sp³-hybridized carbons (Fsp3) is 0.250. The number of allylic oxidation sites excluding steroid dienone is 2. The predicted octanol–water partition coefficient (Wildman–Crippen LogP) is 6.59. The van der Waals surface area contributed by atoms with E-state index < -0.39 is 0 Å². The molecule has 1 aliphatic heterocycles. The summed E-state index contributed by atoms with van der Waals surface area (Å²) in [5.74, 6) is 0. The van der Waals surface area contributed by atoms with E-state index in [1.807, 2.05) is 12.3 Å². The van der Waals surface area contributed by atoms with Crippen LogP contribution in [0.1, 0.15) is 30.9 Å². The molecule has 202 valence electrons. The van der Waals surface area contributed by atoms with Gasteiger partial charge in [0, 0.05) is 59.3 Å². The van der Waals surface area contributed by atoms with Crippen LogP contribution in [-0.4, -0.2) is 53.1 Å². The molecule has 0 spiro atoms. The van der Waals surface area contributed by atoms with Gasteiger partial charge in [0.1, 0.15) is 0 Å². The third-order valence-corrected chi connectivity index (χ3v) is 7.62. The average molecular weight is 534 g/mol. The van der Waals surface area contributed by atoms with Crippen molar-refractivity contribution >= 4 is 46.0 Å². The van der Waals surface area contributed by atoms with Crippen LogP contribution in [0, 0.1) is 10.1 Å². The molecule has 0 radical (unpaired) electrons. The standard InChI is InChI=1S/C32H31N5O3/c1-2-36-30-9-4-3-8-28(30)29-20-24(10-13-31(29)36)21-33-34-22-26-12-11-25(32(26)35-14-16-40-17-15-35)18-23-6-5-7-27(19-23)37(38)39/h3-10,13,18-22H,2,11-12,14-17H2,1H3. The predicted molar refractivity (Wildman–Crippen MR) is 161 cm³/mol. The summed E-state index contributed by atoms with van der Waals surface area (Å²) in [7, 11) is 0. The van der Waals surface area contributed by atoms with Gasteiger partial charge in [-0.2, -0.15) is 10.2 Å². The van der Waals surface area contributed by atoms with Gasteiger partial charge in [-0.15, -0.1) is 0 Å². The number of ether oxygens (including phenoxy) is 1. The number of nitro groups is 1. The Bertz CT molecular complexity index is 1710. The van der Waals surface area contributed by atoms with Gasteiger partial charge in [-0.1, -0.05) is 36.4 Å². The van der Waals surface area contributed by atoms with E-state index >= 15 is 0 Å². The second-order valence-corrected chi connectivity index (χ2v) is 10.0. The number of aryl methyl sites for hydroxylation is 1. The lowest BCUT2D eigenvalue weighted by atomic mass is 10.1. The van der Waals surface area contributed by atoms with Crippen molar-refractivity contribution in [2.75, 3.05) is 26.3 Å². The van der Waals surface area contributed by atoms with Crippen molar-refractivity contribution < 1.29 is 9.66 Å². The largest absolute Gasteiger partial charge is 0.378 e. The zero-order valence-corrected chi connectivity index (χ0v) is 22.5. The summed E-state index contributed by atoms with van der Waals surface area (Å²) in [6, 6.07) is 21.7. The van der Waals surface area contributed by atoms with Gasteiger partial charge in [-0.3, -0.25) is 10.1 Å². The van der Waals surface area contributed by atoms with Crippen LogP contribution in [0.3, 0.4) is 0 Å². The van der Waals surface area contributed by atoms with E-state index in [1.165, 1.54) is 27.9 Å². The van der Waals surface area contributed by atoms with Crippen molar-refractivity contribution in [2.45, 2.75) is 26.3 Å². The first-order chi connectivity index (χ1) is 19.6. The number of non-ortho nitro benzene ring substituents is 1. The first kappa shape index (κ1) is 25.7. The Morgan fingerprint density at radius 3 is 2.52 bits per heavy atom. The van der Waals surface area contributed by atoms with Gasteiger partial charge >= 0.3 is 0 Å². The second kappa shape index (κ2) is 11.3. The Labute approximate surface area is 232 Å². The molecule has 6 rings (SSSR count). The van der Waals surface area contributed by atoms with Crippen molar-refractivity contribution in [3.8, 4) is 0 Å². The zero-order valence-electron chi connectivity index (χ0n) is 22.5. The highest BCUT2D eigenvalue weighted by atomic mass is 16.6. The number of benzene rings is 3. The Morgan fingerprint density at radius 1 is 0.900 bits per heavy atom. The molecule has 8 heteroatoms. The van der Waals surface area contributed by atoms with E-state index in [1.54, 1.807) is 18.3 Å². The first-order valence-corrected chi connectivity index (χ1v) is 13.7. The molecule has 0 saturated carbocycles. The molecule has 2 heterocycles. The number of aromatic nitrogens is 1. The minimum atomic E-state index is -0.356. The lowest BCUT2D eigenvalue weighted by molar-refractivity contribution is -0.384. The van der Waals surface area contributed by atoms with Crippen molar-refractivity contribution in [3.05, 3.63) is 105 Å². The van der Waals surface area contributed by atoms with Crippen LogP contribution >= 0.6 is 0 Å². The van der Waals surface area contributed by atoms with Crippen molar-refractivity contribution in [1.82, 2.24) is 9.47 Å². The fourth-order valence-electron chi connectivity index (χ4n) is 5.80. The molecule has 0 atom stereocenters. The van der Waals surface area contributed by atoms with Crippen LogP contribution < -0.4 is 0 Å². The fourth-order valence-corrected chi connectivity index (χ4v) is 5.80. The van der Waals surface area contributed by atoms with Crippen LogP contribution in [-0.2, 0) is 11.3 Å². The minimum Gasteiger partial charge on any atom is -0.378 e. The highest BCUT2D eigenvalue weighted by Gasteiger charge is 2.25. The van der Waals surface area contributed by atoms with E-state index in [9.17, 15) is 10.1 Å². The number of para-hydroxylation sites is 1. The van der Waals surface area contributed by atoms with Crippen molar-refractivity contribution in [1.29, 1.82) is 0 Å². The number of nitrogens with zero attached hydrogens (tertiary/aromatic N) is 5. The number of hydrogen-bond donors (Lipinski definition) is 0. The van der Waals surface area contributed by atoms with E-state index in [2.05, 4.69) is 75.1 Å². The van der Waals surface area contributed by atoms with Crippen LogP contribution in [0.4, 0.5) is 5.69 Å². The molecular weight excluding hydrogens is 502 g/mol. The van der Waals surface area contributed by atoms with E-state index in [0.29, 0.717) is 13.2 Å². The number of hydrogen-bond acceptors (Lipinski definition) is 6. The Balaban J connectivity index is 1.29. The monoisotopic (exact) mass is 533 g/mol. The van der Waals surface area contributed by atoms with Gasteiger partial charge < -0.3 is 14.2 Å². The summed E-state index contributed by atoms with van der Waals surface area (Å²) in [5, 5.41) is 22.6. The van der Waals surface area contributed by atoms with Gasteiger partial charge in [0.2, 0.25) is 0 Å². The Morgan fingerprint density at radius 2 is 1.70 bits per heavy atom. The lowest BCUT2D eigenvalue weighted by Crippen LogP contribution is -2.36. The highest BCUT2D eigenvalue weighted by molar-refractivity contribution is 6.09. The Hall–Kier alpha value is -4.56. The van der Waals surface area contributed by atoms with Gasteiger partial charge in [0.25, 0.3) is 5.69 Å². The van der Waals surface area contributed by atoms with Crippen molar-refractivity contribution in [2.24, 2.45) is 10.2 Å². The number of fused-ring (bicyclic) bond motifs is 3. The molecular formula is C32H31N5O3. The van der Waals surface area contributed by atoms with Gasteiger partial charge in [-0.05, 0) is 66.3 Å². The lowest BCUT2D eigenvalue weighted by Gasteiger charge is -2.31. The Kier molecular flexibility index (Phi) is 7.25. The minimum absolute atomic E-state index is 0.0952. The molecule has 0 N–H and O–H groups in total. The topological polar surface area (TPSA) is 85.3 Å². The highest BCUT2D eigenvalue weighted by Crippen LogP contribution is 2.35. The van der Waals surface area contributed by atoms with Crippen LogP contribution in [0.15, 0.2) is 93.8 Å². The van der Waals surface area contributed by atoms with Crippen LogP contribution in [0.5, 0.6) is 0 Å². The van der Waals surface area contributed by atoms with Crippen LogP contribution in [0.2, 0.25) is 0 Å². The molecule has 0 amide bonds. The number of rotatable bonds is 7. The molecule has 40 heavy (non-hydrogen) atoms. The molecule has 2 aliphatic rings. The average Bonchev–Trinajstić information content (AvgIpc) is 3.53. The SMILES string of the molecule is CCn1c2ccccc2c2cc(C=NN=CC3=C(N4CCOCC4)C(=Cc4cccc([N+](=O)[O-])c4)CC3)ccc21. The van der Waals surface area contributed by atoms with Gasteiger partial charge in [-0.25, -0.2) is 0 Å². The third kappa shape index (κ3) is 5.05. The molecule has 1 fully saturated rings. The molecule has 4 aromatic rings. The number of nitro benzene ring substituents is 1. The summed E-state index contributed by atoms with van der Waals surface area (Å²) >= 11 is 0. The summed E-state index contributed by atoms with van der Waals surface area (Å²) < 4.78 is 7.92. The normalized spacial score (nSPS) is 17.4.